The zero-order valence-corrected chi connectivity index (χ0v) is 17.7. The second-order valence-corrected chi connectivity index (χ2v) is 7.73. The van der Waals surface area contributed by atoms with Crippen molar-refractivity contribution in [1.29, 1.82) is 0 Å². The summed E-state index contributed by atoms with van der Waals surface area (Å²) in [5.41, 5.74) is 4.36. The van der Waals surface area contributed by atoms with Crippen LogP contribution in [0.5, 0.6) is 0 Å². The molecule has 0 atom stereocenters. The fourth-order valence-electron chi connectivity index (χ4n) is 3.85. The Morgan fingerprint density at radius 2 is 1.73 bits per heavy atom. The van der Waals surface area contributed by atoms with Crippen molar-refractivity contribution < 1.29 is 4.79 Å². The van der Waals surface area contributed by atoms with E-state index in [9.17, 15) is 4.79 Å². The monoisotopic (exact) mass is 400 g/mol. The molecule has 0 saturated carbocycles. The van der Waals surface area contributed by atoms with Gasteiger partial charge in [-0.1, -0.05) is 60.7 Å². The van der Waals surface area contributed by atoms with Crippen LogP contribution in [-0.2, 0) is 24.2 Å². The lowest BCUT2D eigenvalue weighted by molar-refractivity contribution is -0.132. The largest absolute Gasteiger partial charge is 0.360 e. The predicted molar refractivity (Wildman–Crippen MR) is 120 cm³/mol. The summed E-state index contributed by atoms with van der Waals surface area (Å²) < 4.78 is 0. The molecular formula is C25H28N4O. The summed E-state index contributed by atoms with van der Waals surface area (Å²) in [6, 6.07) is 20.3. The summed E-state index contributed by atoms with van der Waals surface area (Å²) in [6.45, 7) is 4.25. The number of amides is 1. The normalized spacial score (nSPS) is 13.1. The molecule has 0 radical (unpaired) electrons. The van der Waals surface area contributed by atoms with E-state index in [-0.39, 0.29) is 5.91 Å². The molecule has 0 fully saturated rings. The summed E-state index contributed by atoms with van der Waals surface area (Å²) in [5.74, 6) is 1.89. The van der Waals surface area contributed by atoms with E-state index in [0.29, 0.717) is 19.5 Å². The SMILES string of the molecule is CCN(C)c1nc(-c2ccccc2)nc2c1CN(C(=O)CCc1ccccc1)CC2. The molecule has 2 aromatic carbocycles. The van der Waals surface area contributed by atoms with Gasteiger partial charge in [0.15, 0.2) is 5.82 Å². The van der Waals surface area contributed by atoms with Crippen molar-refractivity contribution in [2.24, 2.45) is 0 Å². The number of rotatable bonds is 6. The summed E-state index contributed by atoms with van der Waals surface area (Å²) >= 11 is 0. The highest BCUT2D eigenvalue weighted by atomic mass is 16.2. The Bertz CT molecular complexity index is 1000. The van der Waals surface area contributed by atoms with E-state index in [1.54, 1.807) is 0 Å². The number of fused-ring (bicyclic) bond motifs is 1. The van der Waals surface area contributed by atoms with Gasteiger partial charge in [0.25, 0.3) is 0 Å². The summed E-state index contributed by atoms with van der Waals surface area (Å²) in [6.07, 6.45) is 2.06. The molecule has 154 valence electrons. The number of aryl methyl sites for hydroxylation is 1. The van der Waals surface area contributed by atoms with Crippen molar-refractivity contribution in [3.05, 3.63) is 77.5 Å². The van der Waals surface area contributed by atoms with Gasteiger partial charge in [0.05, 0.1) is 12.2 Å². The van der Waals surface area contributed by atoms with Crippen LogP contribution in [0.3, 0.4) is 0 Å². The van der Waals surface area contributed by atoms with E-state index < -0.39 is 0 Å². The molecular weight excluding hydrogens is 372 g/mol. The maximum atomic E-state index is 12.9. The number of hydrogen-bond acceptors (Lipinski definition) is 4. The van der Waals surface area contributed by atoms with Gasteiger partial charge in [-0.15, -0.1) is 0 Å². The van der Waals surface area contributed by atoms with Crippen molar-refractivity contribution >= 4 is 11.7 Å². The summed E-state index contributed by atoms with van der Waals surface area (Å²) in [5, 5.41) is 0. The first-order valence-electron chi connectivity index (χ1n) is 10.6. The van der Waals surface area contributed by atoms with Gasteiger partial charge >= 0.3 is 0 Å². The zero-order valence-electron chi connectivity index (χ0n) is 17.7. The van der Waals surface area contributed by atoms with Crippen LogP contribution in [0.25, 0.3) is 11.4 Å². The molecule has 0 spiro atoms. The first-order chi connectivity index (χ1) is 14.7. The lowest BCUT2D eigenvalue weighted by Gasteiger charge is -2.31. The molecule has 30 heavy (non-hydrogen) atoms. The van der Waals surface area contributed by atoms with Gasteiger partial charge in [-0.2, -0.15) is 0 Å². The first kappa shape index (κ1) is 20.1. The minimum atomic E-state index is 0.196. The Morgan fingerprint density at radius 1 is 1.03 bits per heavy atom. The van der Waals surface area contributed by atoms with Crippen LogP contribution in [0.2, 0.25) is 0 Å². The number of nitrogens with zero attached hydrogens (tertiary/aromatic N) is 4. The molecule has 1 aromatic heterocycles. The number of benzene rings is 2. The van der Waals surface area contributed by atoms with Crippen LogP contribution >= 0.6 is 0 Å². The van der Waals surface area contributed by atoms with E-state index in [0.717, 1.165) is 47.8 Å². The van der Waals surface area contributed by atoms with Gasteiger partial charge in [-0.05, 0) is 18.9 Å². The third-order valence-corrected chi connectivity index (χ3v) is 5.73. The molecule has 1 aliphatic rings. The minimum Gasteiger partial charge on any atom is -0.360 e. The fraction of sp³-hybridized carbons (Fsp3) is 0.320. The minimum absolute atomic E-state index is 0.196. The molecule has 5 heteroatoms. The number of hydrogen-bond donors (Lipinski definition) is 0. The molecule has 0 bridgehead atoms. The van der Waals surface area contributed by atoms with Crippen LogP contribution in [0.1, 0.15) is 30.2 Å². The predicted octanol–water partition coefficient (Wildman–Crippen LogP) is 4.12. The third kappa shape index (κ3) is 4.35. The standard InChI is InChI=1S/C25H28N4O/c1-3-28(2)25-21-18-29(23(30)15-14-19-10-6-4-7-11-19)17-16-22(21)26-24(27-25)20-12-8-5-9-13-20/h4-13H,3,14-18H2,1-2H3. The fourth-order valence-corrected chi connectivity index (χ4v) is 3.85. The average molecular weight is 401 g/mol. The van der Waals surface area contributed by atoms with Gasteiger partial charge < -0.3 is 9.80 Å². The van der Waals surface area contributed by atoms with Crippen molar-refractivity contribution in [3.8, 4) is 11.4 Å². The zero-order chi connectivity index (χ0) is 20.9. The molecule has 1 aliphatic heterocycles. The second-order valence-electron chi connectivity index (χ2n) is 7.73. The molecule has 0 unspecified atom stereocenters. The van der Waals surface area contributed by atoms with E-state index in [4.69, 9.17) is 9.97 Å². The average Bonchev–Trinajstić information content (AvgIpc) is 2.82. The molecule has 0 N–H and O–H groups in total. The van der Waals surface area contributed by atoms with Gasteiger partial charge in [0.1, 0.15) is 5.82 Å². The molecule has 5 nitrogen and oxygen atoms in total. The number of carbonyl (C=O) groups is 1. The maximum Gasteiger partial charge on any atom is 0.223 e. The van der Waals surface area contributed by atoms with E-state index in [1.807, 2.05) is 60.5 Å². The summed E-state index contributed by atoms with van der Waals surface area (Å²) in [4.78, 5) is 26.8. The molecule has 3 aromatic rings. The summed E-state index contributed by atoms with van der Waals surface area (Å²) in [7, 11) is 2.05. The Balaban J connectivity index is 1.56. The van der Waals surface area contributed by atoms with Crippen molar-refractivity contribution in [3.63, 3.8) is 0 Å². The van der Waals surface area contributed by atoms with Crippen molar-refractivity contribution in [2.45, 2.75) is 32.7 Å². The molecule has 0 saturated heterocycles. The quantitative estimate of drug-likeness (QED) is 0.625. The van der Waals surface area contributed by atoms with E-state index in [1.165, 1.54) is 5.56 Å². The van der Waals surface area contributed by atoms with Gasteiger partial charge in [-0.25, -0.2) is 9.97 Å². The lowest BCUT2D eigenvalue weighted by Crippen LogP contribution is -2.38. The highest BCUT2D eigenvalue weighted by molar-refractivity contribution is 5.77. The number of anilines is 1. The highest BCUT2D eigenvalue weighted by Gasteiger charge is 2.26. The Labute approximate surface area is 178 Å². The highest BCUT2D eigenvalue weighted by Crippen LogP contribution is 2.29. The van der Waals surface area contributed by atoms with E-state index in [2.05, 4.69) is 24.0 Å². The van der Waals surface area contributed by atoms with Crippen LogP contribution in [0, 0.1) is 0 Å². The van der Waals surface area contributed by atoms with Crippen LogP contribution in [0.4, 0.5) is 5.82 Å². The van der Waals surface area contributed by atoms with Crippen LogP contribution < -0.4 is 4.90 Å². The molecule has 4 rings (SSSR count). The first-order valence-corrected chi connectivity index (χ1v) is 10.6. The smallest absolute Gasteiger partial charge is 0.223 e. The van der Waals surface area contributed by atoms with E-state index >= 15 is 0 Å². The number of aromatic nitrogens is 2. The second kappa shape index (κ2) is 9.08. The Hall–Kier alpha value is -3.21. The molecule has 0 aliphatic carbocycles. The maximum absolute atomic E-state index is 12.9. The Morgan fingerprint density at radius 3 is 2.43 bits per heavy atom. The Kier molecular flexibility index (Phi) is 6.07. The van der Waals surface area contributed by atoms with Gasteiger partial charge in [0.2, 0.25) is 5.91 Å². The molecule has 1 amide bonds. The van der Waals surface area contributed by atoms with Gasteiger partial charge in [0, 0.05) is 44.1 Å². The lowest BCUT2D eigenvalue weighted by atomic mass is 10.0. The topological polar surface area (TPSA) is 49.3 Å². The third-order valence-electron chi connectivity index (χ3n) is 5.73. The van der Waals surface area contributed by atoms with Crippen LogP contribution in [-0.4, -0.2) is 40.9 Å². The van der Waals surface area contributed by atoms with Crippen molar-refractivity contribution in [1.82, 2.24) is 14.9 Å². The number of carbonyl (C=O) groups excluding carboxylic acids is 1. The van der Waals surface area contributed by atoms with Crippen LogP contribution in [0.15, 0.2) is 60.7 Å². The van der Waals surface area contributed by atoms with Gasteiger partial charge in [-0.3, -0.25) is 4.79 Å². The van der Waals surface area contributed by atoms with Crippen molar-refractivity contribution in [2.75, 3.05) is 25.0 Å². The molecule has 2 heterocycles.